The largest absolute Gasteiger partial charge is 0.330 e. The van der Waals surface area contributed by atoms with E-state index in [-0.39, 0.29) is 0 Å². The molecule has 0 bridgehead atoms. The van der Waals surface area contributed by atoms with Gasteiger partial charge < -0.3 is 5.73 Å². The zero-order chi connectivity index (χ0) is 9.94. The zero-order valence-corrected chi connectivity index (χ0v) is 8.37. The summed E-state index contributed by atoms with van der Waals surface area (Å²) in [5.74, 6) is 0. The molecule has 0 fully saturated rings. The van der Waals surface area contributed by atoms with Gasteiger partial charge in [0.05, 0.1) is 0 Å². The van der Waals surface area contributed by atoms with E-state index in [9.17, 15) is 0 Å². The van der Waals surface area contributed by atoms with Crippen molar-refractivity contribution in [3.8, 4) is 0 Å². The second-order valence-corrected chi connectivity index (χ2v) is 2.76. The van der Waals surface area contributed by atoms with Crippen LogP contribution in [0.15, 0.2) is 36.9 Å². The topological polar surface area (TPSA) is 26.0 Å². The Balaban J connectivity index is 0.000000252. The van der Waals surface area contributed by atoms with Crippen LogP contribution in [0, 0.1) is 0 Å². The molecule has 0 amide bonds. The summed E-state index contributed by atoms with van der Waals surface area (Å²) in [5.41, 5.74) is 6.31. The second-order valence-electron chi connectivity index (χ2n) is 2.76. The molecule has 0 aliphatic carbocycles. The molecular weight excluding hydrogens is 158 g/mol. The molecule has 1 aromatic carbocycles. The van der Waals surface area contributed by atoms with Crippen LogP contribution in [0.1, 0.15) is 25.3 Å². The van der Waals surface area contributed by atoms with Gasteiger partial charge in [0.2, 0.25) is 0 Å². The highest BCUT2D eigenvalue weighted by atomic mass is 14.5. The average molecular weight is 177 g/mol. The monoisotopic (exact) mass is 177 g/mol. The molecular formula is C12H19N. The summed E-state index contributed by atoms with van der Waals surface area (Å²) < 4.78 is 0. The van der Waals surface area contributed by atoms with E-state index in [0.29, 0.717) is 0 Å². The highest BCUT2D eigenvalue weighted by Crippen LogP contribution is 1.97. The Morgan fingerprint density at radius 3 is 2.15 bits per heavy atom. The number of benzene rings is 1. The molecule has 0 heterocycles. The predicted octanol–water partition coefficient (Wildman–Crippen LogP) is 3.07. The van der Waals surface area contributed by atoms with E-state index in [1.54, 1.807) is 0 Å². The first-order chi connectivity index (χ1) is 6.35. The maximum atomic E-state index is 5.14. The Labute approximate surface area is 81.3 Å². The van der Waals surface area contributed by atoms with Crippen LogP contribution in [-0.2, 0) is 0 Å². The summed E-state index contributed by atoms with van der Waals surface area (Å²) in [6, 6.07) is 10.0. The lowest BCUT2D eigenvalue weighted by Gasteiger charge is -1.85. The Morgan fingerprint density at radius 1 is 1.31 bits per heavy atom. The SMILES string of the molecule is C=Cc1ccccc1.CCCCN. The van der Waals surface area contributed by atoms with Crippen LogP contribution in [0.5, 0.6) is 0 Å². The molecule has 0 aliphatic rings. The van der Waals surface area contributed by atoms with E-state index >= 15 is 0 Å². The van der Waals surface area contributed by atoms with Crippen molar-refractivity contribution in [1.29, 1.82) is 0 Å². The van der Waals surface area contributed by atoms with Gasteiger partial charge in [-0.2, -0.15) is 0 Å². The van der Waals surface area contributed by atoms with Crippen LogP contribution in [0.3, 0.4) is 0 Å². The quantitative estimate of drug-likeness (QED) is 0.754. The summed E-state index contributed by atoms with van der Waals surface area (Å²) in [7, 11) is 0. The molecule has 0 saturated heterocycles. The van der Waals surface area contributed by atoms with Gasteiger partial charge in [-0.15, -0.1) is 0 Å². The van der Waals surface area contributed by atoms with Crippen molar-refractivity contribution in [1.82, 2.24) is 0 Å². The first-order valence-corrected chi connectivity index (χ1v) is 4.72. The van der Waals surface area contributed by atoms with E-state index < -0.39 is 0 Å². The normalized spacial score (nSPS) is 8.46. The van der Waals surface area contributed by atoms with Crippen LogP contribution in [-0.4, -0.2) is 6.54 Å². The van der Waals surface area contributed by atoms with E-state index in [4.69, 9.17) is 5.73 Å². The number of unbranched alkanes of at least 4 members (excludes halogenated alkanes) is 1. The average Bonchev–Trinajstić information content (AvgIpc) is 2.21. The number of rotatable bonds is 3. The minimum atomic E-state index is 0.844. The lowest BCUT2D eigenvalue weighted by molar-refractivity contribution is 0.807. The molecule has 13 heavy (non-hydrogen) atoms. The van der Waals surface area contributed by atoms with Gasteiger partial charge in [-0.25, -0.2) is 0 Å². The molecule has 0 aromatic heterocycles. The fourth-order valence-electron chi connectivity index (χ4n) is 0.793. The first-order valence-electron chi connectivity index (χ1n) is 4.72. The third kappa shape index (κ3) is 7.29. The van der Waals surface area contributed by atoms with Gasteiger partial charge in [0, 0.05) is 0 Å². The molecule has 1 rings (SSSR count). The summed E-state index contributed by atoms with van der Waals surface area (Å²) in [5, 5.41) is 0. The maximum Gasteiger partial charge on any atom is -0.00774 e. The lowest BCUT2D eigenvalue weighted by atomic mass is 10.2. The molecule has 72 valence electrons. The predicted molar refractivity (Wildman–Crippen MR) is 60.5 cm³/mol. The van der Waals surface area contributed by atoms with Gasteiger partial charge in [-0.05, 0) is 18.5 Å². The third-order valence-electron chi connectivity index (χ3n) is 1.59. The Kier molecular flexibility index (Phi) is 8.26. The smallest absolute Gasteiger partial charge is 0.00774 e. The molecule has 0 aliphatic heterocycles. The third-order valence-corrected chi connectivity index (χ3v) is 1.59. The summed E-state index contributed by atoms with van der Waals surface area (Å²) in [6.07, 6.45) is 4.22. The maximum absolute atomic E-state index is 5.14. The minimum absolute atomic E-state index is 0.844. The highest BCUT2D eigenvalue weighted by molar-refractivity contribution is 5.45. The van der Waals surface area contributed by atoms with E-state index in [1.165, 1.54) is 18.4 Å². The van der Waals surface area contributed by atoms with Crippen molar-refractivity contribution >= 4 is 6.08 Å². The number of nitrogens with two attached hydrogens (primary N) is 1. The number of hydrogen-bond acceptors (Lipinski definition) is 1. The van der Waals surface area contributed by atoms with Crippen molar-refractivity contribution < 1.29 is 0 Å². The van der Waals surface area contributed by atoms with Gasteiger partial charge in [0.15, 0.2) is 0 Å². The zero-order valence-electron chi connectivity index (χ0n) is 8.37. The van der Waals surface area contributed by atoms with Crippen molar-refractivity contribution in [2.75, 3.05) is 6.54 Å². The van der Waals surface area contributed by atoms with Gasteiger partial charge >= 0.3 is 0 Å². The van der Waals surface area contributed by atoms with Gasteiger partial charge in [0.1, 0.15) is 0 Å². The molecule has 1 heteroatoms. The van der Waals surface area contributed by atoms with Crippen LogP contribution in [0.4, 0.5) is 0 Å². The van der Waals surface area contributed by atoms with Crippen molar-refractivity contribution in [2.45, 2.75) is 19.8 Å². The second kappa shape index (κ2) is 9.01. The molecule has 0 saturated carbocycles. The van der Waals surface area contributed by atoms with Crippen LogP contribution in [0.2, 0.25) is 0 Å². The standard InChI is InChI=1S/C8H8.C4H11N/c1-2-8-6-4-3-5-7-8;1-2-3-4-5/h2-7H,1H2;2-5H2,1H3. The molecule has 1 nitrogen and oxygen atoms in total. The highest BCUT2D eigenvalue weighted by Gasteiger charge is 1.75. The summed E-state index contributed by atoms with van der Waals surface area (Å²) >= 11 is 0. The van der Waals surface area contributed by atoms with E-state index in [2.05, 4.69) is 13.5 Å². The summed E-state index contributed by atoms with van der Waals surface area (Å²) in [6.45, 7) is 6.61. The Bertz CT molecular complexity index is 202. The fourth-order valence-corrected chi connectivity index (χ4v) is 0.793. The lowest BCUT2D eigenvalue weighted by Crippen LogP contribution is -1.95. The van der Waals surface area contributed by atoms with Crippen molar-refractivity contribution in [2.24, 2.45) is 5.73 Å². The van der Waals surface area contributed by atoms with Crippen LogP contribution in [0.25, 0.3) is 6.08 Å². The van der Waals surface area contributed by atoms with E-state index in [1.807, 2.05) is 36.4 Å². The number of hydrogen-bond donors (Lipinski definition) is 1. The molecule has 0 spiro atoms. The molecule has 1 aromatic rings. The molecule has 0 radical (unpaired) electrons. The van der Waals surface area contributed by atoms with Gasteiger partial charge in [0.25, 0.3) is 0 Å². The Morgan fingerprint density at radius 2 is 1.92 bits per heavy atom. The Hall–Kier alpha value is -1.08. The molecule has 0 unspecified atom stereocenters. The summed E-state index contributed by atoms with van der Waals surface area (Å²) in [4.78, 5) is 0. The fraction of sp³-hybridized carbons (Fsp3) is 0.333. The van der Waals surface area contributed by atoms with Crippen LogP contribution < -0.4 is 5.73 Å². The molecule has 2 N–H and O–H groups in total. The minimum Gasteiger partial charge on any atom is -0.330 e. The first kappa shape index (κ1) is 11.9. The molecule has 0 atom stereocenters. The van der Waals surface area contributed by atoms with Gasteiger partial charge in [-0.3, -0.25) is 0 Å². The van der Waals surface area contributed by atoms with Crippen molar-refractivity contribution in [3.63, 3.8) is 0 Å². The van der Waals surface area contributed by atoms with E-state index in [0.717, 1.165) is 6.54 Å². The van der Waals surface area contributed by atoms with Crippen molar-refractivity contribution in [3.05, 3.63) is 42.5 Å². The van der Waals surface area contributed by atoms with Gasteiger partial charge in [-0.1, -0.05) is 56.3 Å². The van der Waals surface area contributed by atoms with Crippen LogP contribution >= 0.6 is 0 Å².